The molecule has 0 aliphatic rings. The van der Waals surface area contributed by atoms with Gasteiger partial charge in [0.05, 0.1) is 24.4 Å². The molecule has 1 aromatic heterocycles. The van der Waals surface area contributed by atoms with E-state index >= 15 is 0 Å². The summed E-state index contributed by atoms with van der Waals surface area (Å²) in [5.74, 6) is -1.46. The Morgan fingerprint density at radius 3 is 2.31 bits per heavy atom. The number of benzene rings is 3. The summed E-state index contributed by atoms with van der Waals surface area (Å²) in [5.41, 5.74) is 1.77. The number of hydrogen-bond donors (Lipinski definition) is 2. The Kier molecular flexibility index (Phi) is 6.96. The van der Waals surface area contributed by atoms with Crippen LogP contribution < -0.4 is 10.6 Å². The number of rotatable bonds is 7. The monoisotopic (exact) mass is 473 g/mol. The highest BCUT2D eigenvalue weighted by Gasteiger charge is 2.18. The van der Waals surface area contributed by atoms with Crippen LogP contribution in [-0.2, 0) is 9.53 Å². The lowest BCUT2D eigenvalue weighted by molar-refractivity contribution is -0.139. The lowest BCUT2D eigenvalue weighted by atomic mass is 10.1. The van der Waals surface area contributed by atoms with Crippen molar-refractivity contribution in [2.24, 2.45) is 0 Å². The molecule has 1 heterocycles. The van der Waals surface area contributed by atoms with Gasteiger partial charge in [-0.15, -0.1) is 0 Å². The van der Waals surface area contributed by atoms with E-state index < -0.39 is 23.6 Å². The van der Waals surface area contributed by atoms with Crippen molar-refractivity contribution in [3.63, 3.8) is 0 Å². The second-order valence-corrected chi connectivity index (χ2v) is 7.35. The van der Waals surface area contributed by atoms with Gasteiger partial charge in [-0.3, -0.25) is 14.4 Å². The second-order valence-electron chi connectivity index (χ2n) is 7.35. The lowest BCUT2D eigenvalue weighted by Gasteiger charge is -2.09. The molecule has 0 bridgehead atoms. The standard InChI is InChI=1S/C26H20FN3O5/c1-34-23(31)15-28-24(32)16-10-12-17(13-11-16)30-25(33)18-6-2-3-7-19(18)26-29-14-22(35-26)20-8-4-5-9-21(20)27/h2-14H,15H2,1H3,(H,28,32)(H,30,33). The fourth-order valence-corrected chi connectivity index (χ4v) is 3.28. The Balaban J connectivity index is 1.50. The van der Waals surface area contributed by atoms with Gasteiger partial charge >= 0.3 is 5.97 Å². The topological polar surface area (TPSA) is 111 Å². The molecule has 4 aromatic rings. The number of ether oxygens (including phenoxy) is 1. The van der Waals surface area contributed by atoms with E-state index in [2.05, 4.69) is 20.4 Å². The SMILES string of the molecule is COC(=O)CNC(=O)c1ccc(NC(=O)c2ccccc2-c2ncc(-c3ccccc3F)o2)cc1. The smallest absolute Gasteiger partial charge is 0.325 e. The summed E-state index contributed by atoms with van der Waals surface area (Å²) in [6.45, 7) is -0.246. The molecule has 0 unspecified atom stereocenters. The molecule has 9 heteroatoms. The Labute approximate surface area is 199 Å². The van der Waals surface area contributed by atoms with Crippen molar-refractivity contribution in [3.8, 4) is 22.8 Å². The number of amides is 2. The predicted octanol–water partition coefficient (Wildman–Crippen LogP) is 4.30. The van der Waals surface area contributed by atoms with E-state index in [-0.39, 0.29) is 23.8 Å². The average molecular weight is 473 g/mol. The summed E-state index contributed by atoms with van der Waals surface area (Å²) in [5, 5.41) is 5.20. The highest BCUT2D eigenvalue weighted by molar-refractivity contribution is 6.08. The predicted molar refractivity (Wildman–Crippen MR) is 126 cm³/mol. The fraction of sp³-hybridized carbons (Fsp3) is 0.0769. The Morgan fingerprint density at radius 2 is 1.60 bits per heavy atom. The molecule has 176 valence electrons. The van der Waals surface area contributed by atoms with Crippen molar-refractivity contribution in [1.82, 2.24) is 10.3 Å². The molecule has 0 radical (unpaired) electrons. The summed E-state index contributed by atoms with van der Waals surface area (Å²) < 4.78 is 24.4. The van der Waals surface area contributed by atoms with E-state index in [4.69, 9.17) is 4.42 Å². The summed E-state index contributed by atoms with van der Waals surface area (Å²) in [4.78, 5) is 40.5. The molecule has 2 N–H and O–H groups in total. The van der Waals surface area contributed by atoms with Gasteiger partial charge < -0.3 is 19.8 Å². The fourth-order valence-electron chi connectivity index (χ4n) is 3.28. The van der Waals surface area contributed by atoms with Crippen LogP contribution in [-0.4, -0.2) is 36.4 Å². The maximum absolute atomic E-state index is 14.1. The molecular weight excluding hydrogens is 453 g/mol. The van der Waals surface area contributed by atoms with Crippen LogP contribution in [0.3, 0.4) is 0 Å². The first-order chi connectivity index (χ1) is 17.0. The Bertz CT molecular complexity index is 1380. The molecule has 0 saturated heterocycles. The zero-order valence-corrected chi connectivity index (χ0v) is 18.6. The first-order valence-electron chi connectivity index (χ1n) is 10.5. The minimum absolute atomic E-state index is 0.173. The van der Waals surface area contributed by atoms with Gasteiger partial charge in [0, 0.05) is 16.8 Å². The molecule has 0 aliphatic carbocycles. The maximum atomic E-state index is 14.1. The van der Waals surface area contributed by atoms with Gasteiger partial charge in [0.15, 0.2) is 5.76 Å². The van der Waals surface area contributed by atoms with E-state index in [9.17, 15) is 18.8 Å². The van der Waals surface area contributed by atoms with Crippen LogP contribution in [0.1, 0.15) is 20.7 Å². The number of halogens is 1. The van der Waals surface area contributed by atoms with Crippen LogP contribution in [0.5, 0.6) is 0 Å². The third-order valence-electron chi connectivity index (χ3n) is 5.07. The number of carbonyl (C=O) groups excluding carboxylic acids is 3. The second kappa shape index (κ2) is 10.4. The van der Waals surface area contributed by atoms with Crippen LogP contribution in [0.15, 0.2) is 83.4 Å². The van der Waals surface area contributed by atoms with Gasteiger partial charge in [-0.05, 0) is 48.5 Å². The Hall–Kier alpha value is -4.79. The number of anilines is 1. The summed E-state index contributed by atoms with van der Waals surface area (Å²) in [7, 11) is 1.23. The molecule has 8 nitrogen and oxygen atoms in total. The largest absolute Gasteiger partial charge is 0.468 e. The molecule has 3 aromatic carbocycles. The van der Waals surface area contributed by atoms with Gasteiger partial charge in [-0.25, -0.2) is 9.37 Å². The van der Waals surface area contributed by atoms with Crippen LogP contribution in [0, 0.1) is 5.82 Å². The Morgan fingerprint density at radius 1 is 0.914 bits per heavy atom. The van der Waals surface area contributed by atoms with Gasteiger partial charge in [0.1, 0.15) is 12.4 Å². The first kappa shape index (κ1) is 23.4. The number of oxazole rings is 1. The minimum atomic E-state index is -0.562. The molecule has 0 fully saturated rings. The van der Waals surface area contributed by atoms with Gasteiger partial charge in [0.25, 0.3) is 11.8 Å². The third-order valence-corrected chi connectivity index (χ3v) is 5.07. The van der Waals surface area contributed by atoms with Crippen molar-refractivity contribution in [3.05, 3.63) is 95.9 Å². The summed E-state index contributed by atoms with van der Waals surface area (Å²) in [6.07, 6.45) is 1.41. The molecule has 0 spiro atoms. The van der Waals surface area contributed by atoms with Crippen LogP contribution in [0.2, 0.25) is 0 Å². The van der Waals surface area contributed by atoms with Crippen LogP contribution in [0.4, 0.5) is 10.1 Å². The van der Waals surface area contributed by atoms with Crippen molar-refractivity contribution in [2.45, 2.75) is 0 Å². The molecule has 2 amide bonds. The number of esters is 1. The molecule has 0 atom stereocenters. The number of carbonyl (C=O) groups is 3. The highest BCUT2D eigenvalue weighted by atomic mass is 19.1. The lowest BCUT2D eigenvalue weighted by Crippen LogP contribution is -2.30. The van der Waals surface area contributed by atoms with E-state index in [1.54, 1.807) is 54.6 Å². The zero-order chi connectivity index (χ0) is 24.8. The molecular formula is C26H20FN3O5. The minimum Gasteiger partial charge on any atom is -0.468 e. The third kappa shape index (κ3) is 5.41. The molecule has 0 saturated carbocycles. The van der Waals surface area contributed by atoms with E-state index in [1.807, 2.05) is 0 Å². The maximum Gasteiger partial charge on any atom is 0.325 e. The average Bonchev–Trinajstić information content (AvgIpc) is 3.37. The molecule has 0 aliphatic heterocycles. The quantitative estimate of drug-likeness (QED) is 0.387. The normalized spacial score (nSPS) is 10.5. The number of nitrogens with zero attached hydrogens (tertiary/aromatic N) is 1. The highest BCUT2D eigenvalue weighted by Crippen LogP contribution is 2.30. The number of methoxy groups -OCH3 is 1. The summed E-state index contributed by atoms with van der Waals surface area (Å²) in [6, 6.07) is 19.1. The number of hydrogen-bond acceptors (Lipinski definition) is 6. The van der Waals surface area contributed by atoms with Gasteiger partial charge in [-0.2, -0.15) is 0 Å². The van der Waals surface area contributed by atoms with Crippen LogP contribution in [0.25, 0.3) is 22.8 Å². The molecule has 4 rings (SSSR count). The number of nitrogens with one attached hydrogen (secondary N) is 2. The van der Waals surface area contributed by atoms with Crippen molar-refractivity contribution in [2.75, 3.05) is 19.0 Å². The van der Waals surface area contributed by atoms with E-state index in [0.29, 0.717) is 22.4 Å². The zero-order valence-electron chi connectivity index (χ0n) is 18.6. The van der Waals surface area contributed by atoms with E-state index in [0.717, 1.165) is 0 Å². The van der Waals surface area contributed by atoms with E-state index in [1.165, 1.54) is 31.5 Å². The number of aromatic nitrogens is 1. The van der Waals surface area contributed by atoms with Gasteiger partial charge in [0.2, 0.25) is 5.89 Å². The first-order valence-corrected chi connectivity index (χ1v) is 10.5. The van der Waals surface area contributed by atoms with Crippen LogP contribution >= 0.6 is 0 Å². The van der Waals surface area contributed by atoms with Crippen molar-refractivity contribution < 1.29 is 27.9 Å². The van der Waals surface area contributed by atoms with Gasteiger partial charge in [-0.1, -0.05) is 24.3 Å². The summed E-state index contributed by atoms with van der Waals surface area (Å²) >= 11 is 0. The molecule has 35 heavy (non-hydrogen) atoms. The van der Waals surface area contributed by atoms with Crippen molar-refractivity contribution >= 4 is 23.5 Å². The van der Waals surface area contributed by atoms with Crippen molar-refractivity contribution in [1.29, 1.82) is 0 Å².